The first-order valence-corrected chi connectivity index (χ1v) is 6.80. The Hall–Kier alpha value is -2.30. The number of benzene rings is 1. The van der Waals surface area contributed by atoms with Gasteiger partial charge < -0.3 is 15.4 Å². The van der Waals surface area contributed by atoms with Crippen LogP contribution in [0.2, 0.25) is 0 Å². The normalized spacial score (nSPS) is 13.8. The van der Waals surface area contributed by atoms with Gasteiger partial charge in [-0.05, 0) is 25.0 Å². The number of aromatic nitrogens is 2. The zero-order valence-corrected chi connectivity index (χ0v) is 11.5. The molecule has 3 rings (SSSR count). The number of anilines is 2. The zero-order valence-electron chi connectivity index (χ0n) is 11.5. The van der Waals surface area contributed by atoms with Crippen LogP contribution in [0.1, 0.15) is 18.4 Å². The third-order valence-electron chi connectivity index (χ3n) is 3.21. The second-order valence-corrected chi connectivity index (χ2v) is 4.85. The van der Waals surface area contributed by atoms with Crippen LogP contribution in [0, 0.1) is 0 Å². The average molecular weight is 270 g/mol. The summed E-state index contributed by atoms with van der Waals surface area (Å²) in [6.45, 7) is 0.636. The van der Waals surface area contributed by atoms with E-state index < -0.39 is 0 Å². The van der Waals surface area contributed by atoms with Crippen molar-refractivity contribution in [3.8, 4) is 5.75 Å². The Morgan fingerprint density at radius 2 is 2.10 bits per heavy atom. The first-order chi connectivity index (χ1) is 9.85. The molecular weight excluding hydrogens is 252 g/mol. The Bertz CT molecular complexity index is 584. The number of nitrogens with one attached hydrogen (secondary N) is 2. The van der Waals surface area contributed by atoms with E-state index in [-0.39, 0.29) is 0 Å². The molecule has 1 aromatic heterocycles. The largest absolute Gasteiger partial charge is 0.496 e. The van der Waals surface area contributed by atoms with Crippen molar-refractivity contribution in [2.75, 3.05) is 17.7 Å². The molecule has 0 spiro atoms. The van der Waals surface area contributed by atoms with Gasteiger partial charge in [-0.3, -0.25) is 0 Å². The molecule has 1 saturated carbocycles. The number of hydrogen-bond donors (Lipinski definition) is 2. The van der Waals surface area contributed by atoms with Gasteiger partial charge in [0.25, 0.3) is 0 Å². The quantitative estimate of drug-likeness (QED) is 0.845. The Labute approximate surface area is 118 Å². The highest BCUT2D eigenvalue weighted by Gasteiger charge is 2.21. The van der Waals surface area contributed by atoms with Gasteiger partial charge in [0.1, 0.15) is 11.6 Å². The summed E-state index contributed by atoms with van der Waals surface area (Å²) in [7, 11) is 1.68. The van der Waals surface area contributed by atoms with Crippen LogP contribution in [0.5, 0.6) is 5.75 Å². The predicted molar refractivity (Wildman–Crippen MR) is 79.0 cm³/mol. The predicted octanol–water partition coefficient (Wildman–Crippen LogP) is 2.67. The summed E-state index contributed by atoms with van der Waals surface area (Å²) in [4.78, 5) is 8.68. The van der Waals surface area contributed by atoms with Gasteiger partial charge in [0, 0.05) is 24.3 Å². The van der Waals surface area contributed by atoms with Crippen molar-refractivity contribution in [3.05, 3.63) is 42.1 Å². The Kier molecular flexibility index (Phi) is 3.67. The molecule has 1 aromatic carbocycles. The van der Waals surface area contributed by atoms with Crippen molar-refractivity contribution in [1.82, 2.24) is 9.97 Å². The second-order valence-electron chi connectivity index (χ2n) is 4.85. The van der Waals surface area contributed by atoms with E-state index in [0.717, 1.165) is 17.1 Å². The Morgan fingerprint density at radius 1 is 1.25 bits per heavy atom. The summed E-state index contributed by atoms with van der Waals surface area (Å²) >= 11 is 0. The molecule has 0 amide bonds. The van der Waals surface area contributed by atoms with Crippen LogP contribution in [0.25, 0.3) is 0 Å². The minimum absolute atomic E-state index is 0.590. The molecule has 0 bridgehead atoms. The Morgan fingerprint density at radius 3 is 2.90 bits per heavy atom. The van der Waals surface area contributed by atoms with Crippen molar-refractivity contribution in [2.24, 2.45) is 0 Å². The second kappa shape index (κ2) is 5.77. The minimum atomic E-state index is 0.590. The maximum Gasteiger partial charge on any atom is 0.224 e. The smallest absolute Gasteiger partial charge is 0.224 e. The topological polar surface area (TPSA) is 59.1 Å². The van der Waals surface area contributed by atoms with Crippen LogP contribution in [0.3, 0.4) is 0 Å². The van der Waals surface area contributed by atoms with Gasteiger partial charge in [0.15, 0.2) is 0 Å². The van der Waals surface area contributed by atoms with Gasteiger partial charge in [-0.1, -0.05) is 18.2 Å². The van der Waals surface area contributed by atoms with E-state index in [1.54, 1.807) is 13.3 Å². The number of ether oxygens (including phenoxy) is 1. The molecule has 104 valence electrons. The van der Waals surface area contributed by atoms with Crippen molar-refractivity contribution < 1.29 is 4.74 Å². The van der Waals surface area contributed by atoms with Crippen molar-refractivity contribution in [3.63, 3.8) is 0 Å². The van der Waals surface area contributed by atoms with E-state index in [1.807, 2.05) is 30.3 Å². The molecule has 0 unspecified atom stereocenters. The number of rotatable bonds is 6. The third-order valence-corrected chi connectivity index (χ3v) is 3.21. The fourth-order valence-corrected chi connectivity index (χ4v) is 1.98. The molecule has 0 saturated heterocycles. The molecule has 20 heavy (non-hydrogen) atoms. The zero-order chi connectivity index (χ0) is 13.8. The number of methoxy groups -OCH3 is 1. The maximum absolute atomic E-state index is 5.33. The first-order valence-electron chi connectivity index (χ1n) is 6.80. The van der Waals surface area contributed by atoms with Crippen LogP contribution in [-0.2, 0) is 6.54 Å². The van der Waals surface area contributed by atoms with Gasteiger partial charge >= 0.3 is 0 Å². The summed E-state index contributed by atoms with van der Waals surface area (Å²) in [6.07, 6.45) is 4.23. The lowest BCUT2D eigenvalue weighted by molar-refractivity contribution is 0.410. The van der Waals surface area contributed by atoms with Crippen LogP contribution in [0.15, 0.2) is 36.5 Å². The van der Waals surface area contributed by atoms with Crippen LogP contribution in [-0.4, -0.2) is 23.1 Å². The molecule has 5 heteroatoms. The molecule has 0 aliphatic heterocycles. The molecule has 0 radical (unpaired) electrons. The van der Waals surface area contributed by atoms with Gasteiger partial charge in [-0.2, -0.15) is 4.98 Å². The Balaban J connectivity index is 1.65. The van der Waals surface area contributed by atoms with E-state index >= 15 is 0 Å². The summed E-state index contributed by atoms with van der Waals surface area (Å²) in [5, 5.41) is 6.59. The van der Waals surface area contributed by atoms with Crippen molar-refractivity contribution in [2.45, 2.75) is 25.4 Å². The van der Waals surface area contributed by atoms with Gasteiger partial charge in [0.2, 0.25) is 5.95 Å². The molecule has 0 atom stereocenters. The van der Waals surface area contributed by atoms with Crippen molar-refractivity contribution in [1.29, 1.82) is 0 Å². The lowest BCUT2D eigenvalue weighted by Gasteiger charge is -2.10. The van der Waals surface area contributed by atoms with Gasteiger partial charge in [0.05, 0.1) is 7.11 Å². The van der Waals surface area contributed by atoms with E-state index in [1.165, 1.54) is 12.8 Å². The maximum atomic E-state index is 5.33. The molecular formula is C15H18N4O. The number of nitrogens with zero attached hydrogens (tertiary/aromatic N) is 2. The highest BCUT2D eigenvalue weighted by atomic mass is 16.5. The first kappa shape index (κ1) is 12.7. The van der Waals surface area contributed by atoms with Crippen LogP contribution in [0.4, 0.5) is 11.8 Å². The van der Waals surface area contributed by atoms with E-state index in [9.17, 15) is 0 Å². The molecule has 1 aliphatic rings. The molecule has 2 N–H and O–H groups in total. The molecule has 1 fully saturated rings. The summed E-state index contributed by atoms with van der Waals surface area (Å²) in [6, 6.07) is 10.4. The third kappa shape index (κ3) is 3.17. The fourth-order valence-electron chi connectivity index (χ4n) is 1.98. The minimum Gasteiger partial charge on any atom is -0.496 e. The summed E-state index contributed by atoms with van der Waals surface area (Å²) in [5.41, 5.74) is 1.08. The summed E-state index contributed by atoms with van der Waals surface area (Å²) in [5.74, 6) is 2.37. The monoisotopic (exact) mass is 270 g/mol. The molecule has 1 heterocycles. The number of para-hydroxylation sites is 1. The van der Waals surface area contributed by atoms with Crippen molar-refractivity contribution >= 4 is 11.8 Å². The molecule has 2 aromatic rings. The lowest BCUT2D eigenvalue weighted by Crippen LogP contribution is -2.08. The van der Waals surface area contributed by atoms with Crippen LogP contribution < -0.4 is 15.4 Å². The highest BCUT2D eigenvalue weighted by Crippen LogP contribution is 2.24. The molecule has 5 nitrogen and oxygen atoms in total. The van der Waals surface area contributed by atoms with E-state index in [4.69, 9.17) is 4.74 Å². The summed E-state index contributed by atoms with van der Waals surface area (Å²) < 4.78 is 5.33. The SMILES string of the molecule is COc1ccccc1CNc1nccc(NC2CC2)n1. The van der Waals surface area contributed by atoms with Gasteiger partial charge in [-0.15, -0.1) is 0 Å². The van der Waals surface area contributed by atoms with Crippen LogP contribution >= 0.6 is 0 Å². The fraction of sp³-hybridized carbons (Fsp3) is 0.333. The molecule has 1 aliphatic carbocycles. The number of hydrogen-bond acceptors (Lipinski definition) is 5. The van der Waals surface area contributed by atoms with E-state index in [2.05, 4.69) is 20.6 Å². The standard InChI is InChI=1S/C15H18N4O/c1-20-13-5-3-2-4-11(13)10-17-15-16-9-8-14(19-15)18-12-6-7-12/h2-5,8-9,12H,6-7,10H2,1H3,(H2,16,17,18,19). The lowest BCUT2D eigenvalue weighted by atomic mass is 10.2. The average Bonchev–Trinajstić information content (AvgIpc) is 3.30. The van der Waals surface area contributed by atoms with Gasteiger partial charge in [-0.25, -0.2) is 4.98 Å². The van der Waals surface area contributed by atoms with E-state index in [0.29, 0.717) is 18.5 Å². The highest BCUT2D eigenvalue weighted by molar-refractivity contribution is 5.42.